The SMILES string of the molecule is CC(C)(CC(=O)NCCn1cnc(C(=O)O)c1)NC(=O)OCC1c2ccccc2-c2ccccc21. The van der Waals surface area contributed by atoms with Crippen LogP contribution in [0, 0.1) is 0 Å². The first-order valence-corrected chi connectivity index (χ1v) is 11.4. The molecule has 4 rings (SSSR count). The summed E-state index contributed by atoms with van der Waals surface area (Å²) in [5.41, 5.74) is 3.71. The first-order valence-electron chi connectivity index (χ1n) is 11.4. The Hall–Kier alpha value is -4.14. The van der Waals surface area contributed by atoms with E-state index in [4.69, 9.17) is 9.84 Å². The smallest absolute Gasteiger partial charge is 0.407 e. The van der Waals surface area contributed by atoms with Gasteiger partial charge in [0.25, 0.3) is 0 Å². The Morgan fingerprint density at radius 3 is 2.29 bits per heavy atom. The fourth-order valence-corrected chi connectivity index (χ4v) is 4.34. The number of carboxylic acid groups (broad SMARTS) is 1. The quantitative estimate of drug-likeness (QED) is 0.435. The van der Waals surface area contributed by atoms with Crippen LogP contribution in [0.4, 0.5) is 4.79 Å². The molecule has 3 N–H and O–H groups in total. The lowest BCUT2D eigenvalue weighted by Crippen LogP contribution is -2.47. The van der Waals surface area contributed by atoms with Gasteiger partial charge in [0.15, 0.2) is 5.69 Å². The molecule has 35 heavy (non-hydrogen) atoms. The van der Waals surface area contributed by atoms with Crippen molar-refractivity contribution in [2.75, 3.05) is 13.2 Å². The molecule has 3 aromatic rings. The highest BCUT2D eigenvalue weighted by Crippen LogP contribution is 2.44. The predicted molar refractivity (Wildman–Crippen MR) is 129 cm³/mol. The van der Waals surface area contributed by atoms with E-state index in [9.17, 15) is 14.4 Å². The number of carbonyl (C=O) groups excluding carboxylic acids is 2. The number of rotatable bonds is 9. The molecule has 9 nitrogen and oxygen atoms in total. The van der Waals surface area contributed by atoms with E-state index in [1.807, 2.05) is 24.3 Å². The molecular formula is C26H28N4O5. The maximum absolute atomic E-state index is 12.6. The average Bonchev–Trinajstić information content (AvgIpc) is 3.40. The molecular weight excluding hydrogens is 448 g/mol. The first kappa shape index (κ1) is 24.0. The number of ether oxygens (including phenoxy) is 1. The third-order valence-corrected chi connectivity index (χ3v) is 5.93. The molecule has 182 valence electrons. The highest BCUT2D eigenvalue weighted by molar-refractivity contribution is 5.85. The van der Waals surface area contributed by atoms with Crippen LogP contribution in [-0.2, 0) is 16.1 Å². The number of aromatic nitrogens is 2. The normalized spacial score (nSPS) is 12.5. The van der Waals surface area contributed by atoms with Crippen molar-refractivity contribution < 1.29 is 24.2 Å². The summed E-state index contributed by atoms with van der Waals surface area (Å²) < 4.78 is 7.16. The highest BCUT2D eigenvalue weighted by Gasteiger charge is 2.30. The summed E-state index contributed by atoms with van der Waals surface area (Å²) in [7, 11) is 0. The van der Waals surface area contributed by atoms with E-state index in [0.717, 1.165) is 22.3 Å². The molecule has 0 unspecified atom stereocenters. The number of hydrogen-bond acceptors (Lipinski definition) is 5. The van der Waals surface area contributed by atoms with Gasteiger partial charge in [-0.25, -0.2) is 14.6 Å². The molecule has 1 aliphatic carbocycles. The summed E-state index contributed by atoms with van der Waals surface area (Å²) in [5.74, 6) is -1.38. The number of carboxylic acids is 1. The Morgan fingerprint density at radius 1 is 1.06 bits per heavy atom. The molecule has 9 heteroatoms. The average molecular weight is 477 g/mol. The number of benzene rings is 2. The lowest BCUT2D eigenvalue weighted by Gasteiger charge is -2.25. The van der Waals surface area contributed by atoms with E-state index in [1.54, 1.807) is 18.4 Å². The van der Waals surface area contributed by atoms with Gasteiger partial charge in [-0.2, -0.15) is 0 Å². The zero-order chi connectivity index (χ0) is 25.0. The van der Waals surface area contributed by atoms with Crippen molar-refractivity contribution in [1.82, 2.24) is 20.2 Å². The zero-order valence-electron chi connectivity index (χ0n) is 19.7. The maximum atomic E-state index is 12.6. The molecule has 0 saturated heterocycles. The molecule has 0 fully saturated rings. The van der Waals surface area contributed by atoms with Crippen LogP contribution in [0.5, 0.6) is 0 Å². The van der Waals surface area contributed by atoms with Crippen LogP contribution in [0.3, 0.4) is 0 Å². The number of imidazole rings is 1. The number of hydrogen-bond donors (Lipinski definition) is 3. The second-order valence-corrected chi connectivity index (χ2v) is 9.16. The van der Waals surface area contributed by atoms with E-state index >= 15 is 0 Å². The minimum atomic E-state index is -1.10. The summed E-state index contributed by atoms with van der Waals surface area (Å²) in [6.07, 6.45) is 2.28. The van der Waals surface area contributed by atoms with Gasteiger partial charge in [-0.3, -0.25) is 4.79 Å². The van der Waals surface area contributed by atoms with Crippen molar-refractivity contribution in [2.24, 2.45) is 0 Å². The topological polar surface area (TPSA) is 123 Å². The van der Waals surface area contributed by atoms with Crippen LogP contribution in [0.1, 0.15) is 47.8 Å². The molecule has 2 amide bonds. The van der Waals surface area contributed by atoms with Gasteiger partial charge in [0.2, 0.25) is 5.91 Å². The van der Waals surface area contributed by atoms with Gasteiger partial charge in [-0.15, -0.1) is 0 Å². The minimum absolute atomic E-state index is 0.0376. The number of fused-ring (bicyclic) bond motifs is 3. The number of alkyl carbamates (subject to hydrolysis) is 1. The Labute approximate surface area is 203 Å². The predicted octanol–water partition coefficient (Wildman–Crippen LogP) is 3.40. The van der Waals surface area contributed by atoms with Gasteiger partial charge in [-0.1, -0.05) is 48.5 Å². The Morgan fingerprint density at radius 2 is 1.69 bits per heavy atom. The van der Waals surface area contributed by atoms with Crippen LogP contribution in [0.15, 0.2) is 61.1 Å². The van der Waals surface area contributed by atoms with Crippen LogP contribution in [0.2, 0.25) is 0 Å². The maximum Gasteiger partial charge on any atom is 0.407 e. The van der Waals surface area contributed by atoms with Crippen molar-refractivity contribution in [1.29, 1.82) is 0 Å². The number of nitrogens with zero attached hydrogens (tertiary/aromatic N) is 2. The molecule has 0 atom stereocenters. The van der Waals surface area contributed by atoms with Crippen molar-refractivity contribution in [3.8, 4) is 11.1 Å². The van der Waals surface area contributed by atoms with Gasteiger partial charge >= 0.3 is 12.1 Å². The van der Waals surface area contributed by atoms with E-state index in [2.05, 4.69) is 39.9 Å². The third-order valence-electron chi connectivity index (χ3n) is 5.93. The fraction of sp³-hybridized carbons (Fsp3) is 0.308. The monoisotopic (exact) mass is 476 g/mol. The van der Waals surface area contributed by atoms with Crippen molar-refractivity contribution in [3.05, 3.63) is 77.9 Å². The van der Waals surface area contributed by atoms with E-state index in [0.29, 0.717) is 13.1 Å². The van der Waals surface area contributed by atoms with Crippen LogP contribution >= 0.6 is 0 Å². The Bertz CT molecular complexity index is 1200. The molecule has 1 aliphatic rings. The zero-order valence-corrected chi connectivity index (χ0v) is 19.7. The lowest BCUT2D eigenvalue weighted by atomic mass is 9.98. The van der Waals surface area contributed by atoms with Gasteiger partial charge in [0.1, 0.15) is 6.61 Å². The van der Waals surface area contributed by atoms with E-state index < -0.39 is 17.6 Å². The van der Waals surface area contributed by atoms with Gasteiger partial charge < -0.3 is 25.0 Å². The number of aromatic carboxylic acids is 1. The second kappa shape index (κ2) is 10.0. The lowest BCUT2D eigenvalue weighted by molar-refractivity contribution is -0.122. The largest absolute Gasteiger partial charge is 0.476 e. The summed E-state index contributed by atoms with van der Waals surface area (Å²) in [6.45, 7) is 4.39. The Kier molecular flexibility index (Phi) is 6.86. The van der Waals surface area contributed by atoms with Crippen LogP contribution in [-0.4, -0.2) is 51.3 Å². The molecule has 0 saturated carbocycles. The van der Waals surface area contributed by atoms with Crippen molar-refractivity contribution in [2.45, 2.75) is 38.3 Å². The fourth-order valence-electron chi connectivity index (χ4n) is 4.34. The van der Waals surface area contributed by atoms with Gasteiger partial charge in [0.05, 0.1) is 6.33 Å². The second-order valence-electron chi connectivity index (χ2n) is 9.16. The van der Waals surface area contributed by atoms with Gasteiger partial charge in [0, 0.05) is 37.2 Å². The molecule has 0 aliphatic heterocycles. The number of carbonyl (C=O) groups is 3. The number of amides is 2. The highest BCUT2D eigenvalue weighted by atomic mass is 16.5. The third kappa shape index (κ3) is 5.68. The molecule has 0 bridgehead atoms. The minimum Gasteiger partial charge on any atom is -0.476 e. The van der Waals surface area contributed by atoms with E-state index in [-0.39, 0.29) is 30.5 Å². The van der Waals surface area contributed by atoms with E-state index in [1.165, 1.54) is 12.5 Å². The number of nitrogens with one attached hydrogen (secondary N) is 2. The summed E-state index contributed by atoms with van der Waals surface area (Å²) >= 11 is 0. The summed E-state index contributed by atoms with van der Waals surface area (Å²) in [4.78, 5) is 39.6. The summed E-state index contributed by atoms with van der Waals surface area (Å²) in [5, 5.41) is 14.5. The van der Waals surface area contributed by atoms with Crippen molar-refractivity contribution in [3.63, 3.8) is 0 Å². The van der Waals surface area contributed by atoms with Crippen molar-refractivity contribution >= 4 is 18.0 Å². The summed E-state index contributed by atoms with van der Waals surface area (Å²) in [6, 6.07) is 16.2. The first-order chi connectivity index (χ1) is 16.7. The molecule has 0 spiro atoms. The van der Waals surface area contributed by atoms with Crippen LogP contribution in [0.25, 0.3) is 11.1 Å². The van der Waals surface area contributed by atoms with Crippen LogP contribution < -0.4 is 10.6 Å². The molecule has 0 radical (unpaired) electrons. The van der Waals surface area contributed by atoms with Gasteiger partial charge in [-0.05, 0) is 36.1 Å². The Balaban J connectivity index is 1.25. The standard InChI is InChI=1S/C26H28N4O5/c1-26(2,13-23(31)27-11-12-30-14-22(24(32)33)28-16-30)29-25(34)35-15-21-19-9-5-3-7-17(19)18-8-4-6-10-20(18)21/h3-10,14,16,21H,11-13,15H2,1-2H3,(H,27,31)(H,29,34)(H,32,33). The molecule has 1 heterocycles. The molecule has 2 aromatic carbocycles. The molecule has 1 aromatic heterocycles.